The molecule has 0 bridgehead atoms. The Morgan fingerprint density at radius 2 is 2.15 bits per heavy atom. The molecular formula is C12H11BrN4O2S. The molecule has 2 aromatic rings. The van der Waals surface area contributed by atoms with Crippen LogP contribution < -0.4 is 5.73 Å². The van der Waals surface area contributed by atoms with E-state index in [2.05, 4.69) is 25.9 Å². The molecule has 1 aromatic heterocycles. The first-order valence-corrected chi connectivity index (χ1v) is 7.40. The van der Waals surface area contributed by atoms with Crippen molar-refractivity contribution in [1.82, 2.24) is 9.97 Å². The number of halogens is 1. The van der Waals surface area contributed by atoms with Crippen LogP contribution in [0.25, 0.3) is 0 Å². The molecule has 0 saturated carbocycles. The lowest BCUT2D eigenvalue weighted by atomic mass is 10.2. The third kappa shape index (κ3) is 3.67. The number of nitrogens with zero attached hydrogens (tertiary/aromatic N) is 3. The van der Waals surface area contributed by atoms with Crippen LogP contribution in [0.5, 0.6) is 0 Å². The van der Waals surface area contributed by atoms with Gasteiger partial charge in [0.1, 0.15) is 5.82 Å². The minimum Gasteiger partial charge on any atom is -0.384 e. The molecule has 2 N–H and O–H groups in total. The van der Waals surface area contributed by atoms with Crippen molar-refractivity contribution in [2.45, 2.75) is 17.8 Å². The minimum absolute atomic E-state index is 0.0571. The van der Waals surface area contributed by atoms with Crippen LogP contribution in [0.2, 0.25) is 0 Å². The maximum Gasteiger partial charge on any atom is 0.270 e. The van der Waals surface area contributed by atoms with Crippen molar-refractivity contribution in [2.75, 3.05) is 5.73 Å². The molecular weight excluding hydrogens is 344 g/mol. The van der Waals surface area contributed by atoms with Gasteiger partial charge in [-0.15, -0.1) is 0 Å². The Labute approximate surface area is 128 Å². The molecule has 0 saturated heterocycles. The summed E-state index contributed by atoms with van der Waals surface area (Å²) < 4.78 is 0.694. The van der Waals surface area contributed by atoms with Crippen molar-refractivity contribution in [2.24, 2.45) is 0 Å². The molecule has 1 heterocycles. The largest absolute Gasteiger partial charge is 0.384 e. The topological polar surface area (TPSA) is 94.9 Å². The SMILES string of the molecule is Cc1cc(N)nc(SCc2ccc([N+](=O)[O-])cc2Br)n1. The van der Waals surface area contributed by atoms with Crippen LogP contribution >= 0.6 is 27.7 Å². The Balaban J connectivity index is 2.12. The predicted octanol–water partition coefficient (Wildman–Crippen LogP) is 3.33. The van der Waals surface area contributed by atoms with E-state index < -0.39 is 4.92 Å². The van der Waals surface area contributed by atoms with Crippen molar-refractivity contribution < 1.29 is 4.92 Å². The van der Waals surface area contributed by atoms with Gasteiger partial charge in [0.15, 0.2) is 5.16 Å². The Morgan fingerprint density at radius 1 is 1.40 bits per heavy atom. The molecule has 6 nitrogen and oxygen atoms in total. The summed E-state index contributed by atoms with van der Waals surface area (Å²) in [5.74, 6) is 1.03. The molecule has 0 radical (unpaired) electrons. The fourth-order valence-corrected chi connectivity index (χ4v) is 3.15. The van der Waals surface area contributed by atoms with Crippen LogP contribution in [-0.2, 0) is 5.75 Å². The molecule has 0 aliphatic heterocycles. The predicted molar refractivity (Wildman–Crippen MR) is 81.5 cm³/mol. The van der Waals surface area contributed by atoms with Gasteiger partial charge in [-0.1, -0.05) is 33.8 Å². The van der Waals surface area contributed by atoms with Crippen LogP contribution in [0.3, 0.4) is 0 Å². The number of anilines is 1. The zero-order valence-electron chi connectivity index (χ0n) is 10.5. The summed E-state index contributed by atoms with van der Waals surface area (Å²) >= 11 is 4.76. The molecule has 104 valence electrons. The molecule has 20 heavy (non-hydrogen) atoms. The molecule has 0 fully saturated rings. The number of benzene rings is 1. The number of nitro benzene ring substituents is 1. The van der Waals surface area contributed by atoms with E-state index in [4.69, 9.17) is 5.73 Å². The molecule has 0 amide bonds. The summed E-state index contributed by atoms with van der Waals surface area (Å²) in [5, 5.41) is 11.3. The van der Waals surface area contributed by atoms with E-state index in [1.165, 1.54) is 23.9 Å². The number of nitrogen functional groups attached to an aromatic ring is 1. The number of nitro groups is 1. The van der Waals surface area contributed by atoms with Crippen LogP contribution in [0.1, 0.15) is 11.3 Å². The molecule has 0 aliphatic carbocycles. The first kappa shape index (κ1) is 14.7. The zero-order chi connectivity index (χ0) is 14.7. The first-order chi connectivity index (χ1) is 9.45. The second kappa shape index (κ2) is 6.19. The van der Waals surface area contributed by atoms with E-state index in [0.717, 1.165) is 11.3 Å². The van der Waals surface area contributed by atoms with Crippen LogP contribution in [0, 0.1) is 17.0 Å². The summed E-state index contributed by atoms with van der Waals surface area (Å²) in [7, 11) is 0. The number of thioether (sulfide) groups is 1. The summed E-state index contributed by atoms with van der Waals surface area (Å²) in [6, 6.07) is 6.38. The van der Waals surface area contributed by atoms with Crippen molar-refractivity contribution >= 4 is 39.2 Å². The monoisotopic (exact) mass is 354 g/mol. The highest BCUT2D eigenvalue weighted by atomic mass is 79.9. The Hall–Kier alpha value is -1.67. The van der Waals surface area contributed by atoms with Crippen molar-refractivity contribution in [1.29, 1.82) is 0 Å². The summed E-state index contributed by atoms with van der Waals surface area (Å²) in [5.41, 5.74) is 7.46. The highest BCUT2D eigenvalue weighted by molar-refractivity contribution is 9.10. The zero-order valence-corrected chi connectivity index (χ0v) is 12.9. The van der Waals surface area contributed by atoms with Gasteiger partial charge in [-0.3, -0.25) is 10.1 Å². The minimum atomic E-state index is -0.425. The van der Waals surface area contributed by atoms with Crippen molar-refractivity contribution in [3.63, 3.8) is 0 Å². The second-order valence-corrected chi connectivity index (χ2v) is 5.84. The van der Waals surface area contributed by atoms with Gasteiger partial charge in [0.2, 0.25) is 0 Å². The third-order valence-electron chi connectivity index (χ3n) is 2.46. The van der Waals surface area contributed by atoms with E-state index in [-0.39, 0.29) is 5.69 Å². The van der Waals surface area contributed by atoms with E-state index >= 15 is 0 Å². The van der Waals surface area contributed by atoms with Crippen LogP contribution in [0.4, 0.5) is 11.5 Å². The lowest BCUT2D eigenvalue weighted by molar-refractivity contribution is -0.384. The Kier molecular flexibility index (Phi) is 4.56. The Bertz CT molecular complexity index is 646. The molecule has 0 atom stereocenters. The molecule has 8 heteroatoms. The molecule has 1 aromatic carbocycles. The number of nitrogens with two attached hydrogens (primary N) is 1. The number of hydrogen-bond acceptors (Lipinski definition) is 6. The van der Waals surface area contributed by atoms with Gasteiger partial charge in [0.25, 0.3) is 5.69 Å². The van der Waals surface area contributed by atoms with Gasteiger partial charge in [-0.05, 0) is 12.5 Å². The fourth-order valence-electron chi connectivity index (χ4n) is 1.54. The number of rotatable bonds is 4. The van der Waals surface area contributed by atoms with Gasteiger partial charge in [-0.25, -0.2) is 9.97 Å². The highest BCUT2D eigenvalue weighted by Crippen LogP contribution is 2.28. The molecule has 0 unspecified atom stereocenters. The van der Waals surface area contributed by atoms with E-state index in [9.17, 15) is 10.1 Å². The van der Waals surface area contributed by atoms with Gasteiger partial charge >= 0.3 is 0 Å². The quantitative estimate of drug-likeness (QED) is 0.391. The van der Waals surface area contributed by atoms with Gasteiger partial charge < -0.3 is 5.73 Å². The van der Waals surface area contributed by atoms with Crippen molar-refractivity contribution in [3.05, 3.63) is 50.1 Å². The van der Waals surface area contributed by atoms with Crippen LogP contribution in [0.15, 0.2) is 33.9 Å². The van der Waals surface area contributed by atoms with E-state index in [0.29, 0.717) is 21.2 Å². The van der Waals surface area contributed by atoms with Crippen molar-refractivity contribution in [3.8, 4) is 0 Å². The number of non-ortho nitro benzene ring substituents is 1. The molecule has 2 rings (SSSR count). The highest BCUT2D eigenvalue weighted by Gasteiger charge is 2.10. The number of hydrogen-bond donors (Lipinski definition) is 1. The molecule has 0 aliphatic rings. The smallest absolute Gasteiger partial charge is 0.270 e. The summed E-state index contributed by atoms with van der Waals surface area (Å²) in [6.07, 6.45) is 0. The Morgan fingerprint density at radius 3 is 2.75 bits per heavy atom. The summed E-state index contributed by atoms with van der Waals surface area (Å²) in [4.78, 5) is 18.6. The average Bonchev–Trinajstić information content (AvgIpc) is 2.36. The van der Waals surface area contributed by atoms with E-state index in [1.54, 1.807) is 12.1 Å². The maximum absolute atomic E-state index is 10.7. The van der Waals surface area contributed by atoms with Crippen LogP contribution in [-0.4, -0.2) is 14.9 Å². The second-order valence-electron chi connectivity index (χ2n) is 4.04. The average molecular weight is 355 g/mol. The number of aromatic nitrogens is 2. The normalized spacial score (nSPS) is 10.5. The fraction of sp³-hybridized carbons (Fsp3) is 0.167. The lowest BCUT2D eigenvalue weighted by Crippen LogP contribution is -1.97. The third-order valence-corrected chi connectivity index (χ3v) is 4.09. The van der Waals surface area contributed by atoms with E-state index in [1.807, 2.05) is 6.92 Å². The lowest BCUT2D eigenvalue weighted by Gasteiger charge is -2.05. The first-order valence-electron chi connectivity index (χ1n) is 5.62. The maximum atomic E-state index is 10.7. The van der Waals surface area contributed by atoms with Gasteiger partial charge in [-0.2, -0.15) is 0 Å². The molecule has 0 spiro atoms. The van der Waals surface area contributed by atoms with Gasteiger partial charge in [0.05, 0.1) is 4.92 Å². The standard InChI is InChI=1S/C12H11BrN4O2S/c1-7-4-11(14)16-12(15-7)20-6-8-2-3-9(17(18)19)5-10(8)13/h2-5H,6H2,1H3,(H2,14,15,16). The van der Waals surface area contributed by atoms with Gasteiger partial charge in [0, 0.05) is 34.1 Å². The number of aryl methyl sites for hydroxylation is 1. The summed E-state index contributed by atoms with van der Waals surface area (Å²) in [6.45, 7) is 1.85.